The maximum absolute atomic E-state index is 15.1. The Morgan fingerprint density at radius 1 is 1.24 bits per heavy atom. The monoisotopic (exact) mass is 467 g/mol. The molecule has 0 unspecified atom stereocenters. The molecular weight excluding hydrogens is 441 g/mol. The Kier molecular flexibility index (Phi) is 5.58. The molecule has 1 atom stereocenters. The number of aromatic amines is 1. The van der Waals surface area contributed by atoms with Gasteiger partial charge in [0, 0.05) is 37.2 Å². The van der Waals surface area contributed by atoms with E-state index in [2.05, 4.69) is 20.4 Å². The van der Waals surface area contributed by atoms with Crippen molar-refractivity contribution in [3.8, 4) is 22.9 Å². The summed E-state index contributed by atoms with van der Waals surface area (Å²) in [5.74, 6) is -0.0751. The van der Waals surface area contributed by atoms with Crippen LogP contribution in [0, 0.1) is 5.82 Å². The van der Waals surface area contributed by atoms with E-state index >= 15 is 4.39 Å². The van der Waals surface area contributed by atoms with Gasteiger partial charge < -0.3 is 14.9 Å². The minimum Gasteiger partial charge on any atom is -0.492 e. The second-order valence-corrected chi connectivity index (χ2v) is 8.56. The van der Waals surface area contributed by atoms with Crippen molar-refractivity contribution in [3.05, 3.63) is 41.1 Å². The van der Waals surface area contributed by atoms with Crippen molar-refractivity contribution in [2.24, 2.45) is 7.05 Å². The molecule has 3 N–H and O–H groups in total. The van der Waals surface area contributed by atoms with Gasteiger partial charge in [0.05, 0.1) is 47.4 Å². The third kappa shape index (κ3) is 3.82. The van der Waals surface area contributed by atoms with Gasteiger partial charge >= 0.3 is 0 Å². The molecule has 0 saturated heterocycles. The summed E-state index contributed by atoms with van der Waals surface area (Å²) in [6.07, 6.45) is 4.85. The lowest BCUT2D eigenvalue weighted by Crippen LogP contribution is -2.32. The van der Waals surface area contributed by atoms with Gasteiger partial charge in [-0.2, -0.15) is 10.2 Å². The molecule has 1 aliphatic heterocycles. The number of aromatic hydroxyl groups is 1. The average Bonchev–Trinajstić information content (AvgIpc) is 3.42. The molecule has 0 radical (unpaired) electrons. The van der Waals surface area contributed by atoms with Crippen LogP contribution in [0.5, 0.6) is 11.8 Å². The molecule has 10 nitrogen and oxygen atoms in total. The number of likely N-dealkylation sites (N-methyl/N-ethyl adjacent to an activating group) is 1. The molecule has 34 heavy (non-hydrogen) atoms. The summed E-state index contributed by atoms with van der Waals surface area (Å²) in [7, 11) is 3.69. The van der Waals surface area contributed by atoms with Gasteiger partial charge in [-0.15, -0.1) is 5.10 Å². The Bertz CT molecular complexity index is 1390. The number of aromatic nitrogens is 6. The lowest BCUT2D eigenvalue weighted by molar-refractivity contribution is 0.146. The van der Waals surface area contributed by atoms with Crippen LogP contribution in [0.25, 0.3) is 34.2 Å². The number of benzene rings is 1. The van der Waals surface area contributed by atoms with Crippen LogP contribution in [0.1, 0.15) is 23.9 Å². The van der Waals surface area contributed by atoms with Crippen molar-refractivity contribution in [1.29, 1.82) is 0 Å². The smallest absolute Gasteiger partial charge is 0.238 e. The lowest BCUT2D eigenvalue weighted by atomic mass is 10.0. The largest absolute Gasteiger partial charge is 0.492 e. The number of halogens is 1. The highest BCUT2D eigenvalue weighted by atomic mass is 19.1. The summed E-state index contributed by atoms with van der Waals surface area (Å²) in [4.78, 5) is 2.04. The van der Waals surface area contributed by atoms with Crippen LogP contribution in [-0.4, -0.2) is 71.2 Å². The van der Waals surface area contributed by atoms with Crippen molar-refractivity contribution >= 4 is 23.1 Å². The van der Waals surface area contributed by atoms with Gasteiger partial charge in [-0.1, -0.05) is 0 Å². The zero-order valence-corrected chi connectivity index (χ0v) is 19.2. The highest BCUT2D eigenvalue weighted by molar-refractivity contribution is 5.93. The Morgan fingerprint density at radius 2 is 2.06 bits per heavy atom. The Balaban J connectivity index is 1.71. The van der Waals surface area contributed by atoms with Crippen LogP contribution in [0.3, 0.4) is 0 Å². The molecule has 0 saturated carbocycles. The first kappa shape index (κ1) is 22.1. The fourth-order valence-corrected chi connectivity index (χ4v) is 4.41. The number of rotatable bonds is 2. The van der Waals surface area contributed by atoms with Gasteiger partial charge in [-0.3, -0.25) is 14.7 Å². The molecule has 11 heteroatoms. The number of nitrogens with zero attached hydrogens (tertiary/aromatic N) is 6. The molecule has 0 amide bonds. The maximum atomic E-state index is 15.1. The first-order valence-electron chi connectivity index (χ1n) is 11.0. The second kappa shape index (κ2) is 8.58. The van der Waals surface area contributed by atoms with Gasteiger partial charge in [-0.25, -0.2) is 9.07 Å². The van der Waals surface area contributed by atoms with Gasteiger partial charge in [0.15, 0.2) is 0 Å². The molecule has 1 aliphatic rings. The molecule has 0 aliphatic carbocycles. The topological polar surface area (TPSA) is 117 Å². The van der Waals surface area contributed by atoms with Gasteiger partial charge in [0.25, 0.3) is 0 Å². The van der Waals surface area contributed by atoms with Gasteiger partial charge in [-0.05, 0) is 32.2 Å². The number of hydrogen-bond donors (Lipinski definition) is 3. The van der Waals surface area contributed by atoms with Gasteiger partial charge in [0.1, 0.15) is 11.9 Å². The highest BCUT2D eigenvalue weighted by Gasteiger charge is 2.23. The maximum Gasteiger partial charge on any atom is 0.238 e. The van der Waals surface area contributed by atoms with E-state index in [1.54, 1.807) is 40.8 Å². The molecule has 3 aromatic heterocycles. The van der Waals surface area contributed by atoms with Gasteiger partial charge in [0.2, 0.25) is 11.8 Å². The van der Waals surface area contributed by atoms with Crippen molar-refractivity contribution in [2.45, 2.75) is 26.1 Å². The Labute approximate surface area is 194 Å². The van der Waals surface area contributed by atoms with Crippen LogP contribution < -0.4 is 4.74 Å². The Morgan fingerprint density at radius 3 is 2.85 bits per heavy atom. The number of aryl methyl sites for hydroxylation is 1. The number of aliphatic hydroxyl groups excluding tert-OH is 1. The van der Waals surface area contributed by atoms with E-state index in [0.29, 0.717) is 52.3 Å². The SMILES string of the molecule is C[C@H]1CN(C)Cc2c(c(O)nn2CCO)/C=C/c2n[nH]c3cc(F)c(cc23)-c2cnn(C)c2O1. The lowest BCUT2D eigenvalue weighted by Gasteiger charge is -2.23. The molecule has 0 fully saturated rings. The third-order valence-corrected chi connectivity index (χ3v) is 5.95. The predicted octanol–water partition coefficient (Wildman–Crippen LogP) is 2.38. The van der Waals surface area contributed by atoms with E-state index < -0.39 is 5.82 Å². The molecule has 1 aromatic carbocycles. The summed E-state index contributed by atoms with van der Waals surface area (Å²) in [5.41, 5.74) is 3.34. The van der Waals surface area contributed by atoms with E-state index in [1.807, 2.05) is 18.9 Å². The Hall–Kier alpha value is -3.70. The zero-order chi connectivity index (χ0) is 24.0. The number of H-pyrrole nitrogens is 1. The molecule has 2 bridgehead atoms. The summed E-state index contributed by atoms with van der Waals surface area (Å²) in [5, 5.41) is 36.4. The normalized spacial score (nSPS) is 17.7. The quantitative estimate of drug-likeness (QED) is 0.414. The minimum absolute atomic E-state index is 0.109. The summed E-state index contributed by atoms with van der Waals surface area (Å²) in [6.45, 7) is 3.08. The number of nitrogens with one attached hydrogen (secondary N) is 1. The van der Waals surface area contributed by atoms with Crippen molar-refractivity contribution in [3.63, 3.8) is 0 Å². The van der Waals surface area contributed by atoms with E-state index in [4.69, 9.17) is 4.74 Å². The summed E-state index contributed by atoms with van der Waals surface area (Å²) >= 11 is 0. The standard InChI is InChI=1S/C23H26FN7O3/c1-13-11-29(2)12-21-14(22(33)28-31(21)6-7-32)4-5-19-16-8-15(18(24)9-20(16)27-26-19)17-10-25-30(3)23(17)34-13/h4-5,8-10,13,32H,6-7,11-12H2,1-3H3,(H,26,27)(H,28,33)/b5-4+/t13-/m0/s1. The second-order valence-electron chi connectivity index (χ2n) is 8.56. The number of hydrogen-bond acceptors (Lipinski definition) is 7. The predicted molar refractivity (Wildman–Crippen MR) is 125 cm³/mol. The highest BCUT2D eigenvalue weighted by Crippen LogP contribution is 2.35. The van der Waals surface area contributed by atoms with Crippen LogP contribution in [0.2, 0.25) is 0 Å². The minimum atomic E-state index is -0.413. The molecule has 0 spiro atoms. The molecule has 178 valence electrons. The fourth-order valence-electron chi connectivity index (χ4n) is 4.41. The summed E-state index contributed by atoms with van der Waals surface area (Å²) < 4.78 is 24.5. The first-order valence-corrected chi connectivity index (χ1v) is 11.0. The number of fused-ring (bicyclic) bond motifs is 4. The van der Waals surface area contributed by atoms with Crippen LogP contribution >= 0.6 is 0 Å². The van der Waals surface area contributed by atoms with Crippen LogP contribution in [-0.2, 0) is 20.1 Å². The van der Waals surface area contributed by atoms with E-state index in [0.717, 1.165) is 5.69 Å². The first-order chi connectivity index (χ1) is 16.4. The number of ether oxygens (including phenoxy) is 1. The molecule has 4 aromatic rings. The third-order valence-electron chi connectivity index (χ3n) is 5.95. The van der Waals surface area contributed by atoms with E-state index in [1.165, 1.54) is 6.07 Å². The van der Waals surface area contributed by atoms with Crippen LogP contribution in [0.15, 0.2) is 18.3 Å². The van der Waals surface area contributed by atoms with E-state index in [9.17, 15) is 10.2 Å². The van der Waals surface area contributed by atoms with Crippen molar-refractivity contribution < 1.29 is 19.3 Å². The molecule has 5 rings (SSSR count). The van der Waals surface area contributed by atoms with Crippen molar-refractivity contribution in [2.75, 3.05) is 20.2 Å². The van der Waals surface area contributed by atoms with E-state index in [-0.39, 0.29) is 25.1 Å². The van der Waals surface area contributed by atoms with Crippen LogP contribution in [0.4, 0.5) is 4.39 Å². The van der Waals surface area contributed by atoms with Crippen molar-refractivity contribution in [1.82, 2.24) is 34.7 Å². The number of aliphatic hydroxyl groups is 1. The summed E-state index contributed by atoms with van der Waals surface area (Å²) in [6, 6.07) is 3.13. The molecular formula is C23H26FN7O3. The zero-order valence-electron chi connectivity index (χ0n) is 19.2. The average molecular weight is 468 g/mol. The fraction of sp³-hybridized carbons (Fsp3) is 0.348. The molecule has 4 heterocycles.